The molecule has 0 aliphatic carbocycles. The van der Waals surface area contributed by atoms with Crippen LogP contribution in [0.15, 0.2) is 24.9 Å². The van der Waals surface area contributed by atoms with Crippen molar-refractivity contribution in [3.8, 4) is 11.1 Å². The molecule has 0 saturated carbocycles. The van der Waals surface area contributed by atoms with Crippen LogP contribution < -0.4 is 10.6 Å². The molecular formula is C32H42Cl2N8O3. The fourth-order valence-corrected chi connectivity index (χ4v) is 8.02. The Morgan fingerprint density at radius 3 is 2.62 bits per heavy atom. The minimum absolute atomic E-state index is 0.0353. The van der Waals surface area contributed by atoms with E-state index in [2.05, 4.69) is 52.0 Å². The number of piperidine rings is 2. The van der Waals surface area contributed by atoms with Crippen LogP contribution in [0.25, 0.3) is 22.0 Å². The number of benzene rings is 1. The predicted molar refractivity (Wildman–Crippen MR) is 177 cm³/mol. The molecular weight excluding hydrogens is 615 g/mol. The minimum atomic E-state index is -0.551. The number of halogens is 2. The molecule has 2 aromatic heterocycles. The number of anilines is 1. The number of nitrogens with one attached hydrogen (secondary N) is 1. The summed E-state index contributed by atoms with van der Waals surface area (Å²) in [7, 11) is 0. The van der Waals surface area contributed by atoms with Gasteiger partial charge in [0.1, 0.15) is 6.10 Å². The fourth-order valence-electron chi connectivity index (χ4n) is 7.57. The number of aromatic amines is 1. The van der Waals surface area contributed by atoms with E-state index in [1.807, 2.05) is 11.0 Å². The van der Waals surface area contributed by atoms with Crippen LogP contribution in [-0.4, -0.2) is 99.1 Å². The second-order valence-corrected chi connectivity index (χ2v) is 14.0. The summed E-state index contributed by atoms with van der Waals surface area (Å²) in [5.41, 5.74) is 8.93. The first-order valence-corrected chi connectivity index (χ1v) is 16.5. The zero-order valence-electron chi connectivity index (χ0n) is 26.2. The summed E-state index contributed by atoms with van der Waals surface area (Å²) in [6, 6.07) is 1.94. The van der Waals surface area contributed by atoms with Crippen LogP contribution in [0, 0.1) is 12.8 Å². The molecule has 3 N–H and O–H groups in total. The van der Waals surface area contributed by atoms with Gasteiger partial charge in [0.25, 0.3) is 0 Å². The Morgan fingerprint density at radius 1 is 1.18 bits per heavy atom. The van der Waals surface area contributed by atoms with E-state index in [-0.39, 0.29) is 17.5 Å². The molecule has 0 bridgehead atoms. The quantitative estimate of drug-likeness (QED) is 0.357. The van der Waals surface area contributed by atoms with E-state index in [1.165, 1.54) is 6.08 Å². The van der Waals surface area contributed by atoms with Gasteiger partial charge in [0.05, 0.1) is 34.4 Å². The van der Waals surface area contributed by atoms with Gasteiger partial charge in [-0.3, -0.25) is 24.3 Å². The average molecular weight is 658 g/mol. The number of morpholine rings is 1. The Labute approximate surface area is 273 Å². The van der Waals surface area contributed by atoms with Gasteiger partial charge in [-0.1, -0.05) is 29.8 Å². The lowest BCUT2D eigenvalue weighted by atomic mass is 9.81. The largest absolute Gasteiger partial charge is 0.367 e. The topological polar surface area (TPSA) is 126 Å². The third kappa shape index (κ3) is 6.07. The van der Waals surface area contributed by atoms with Crippen LogP contribution in [0.1, 0.15) is 51.3 Å². The Balaban J connectivity index is 1.35. The van der Waals surface area contributed by atoms with Gasteiger partial charge in [-0.05, 0) is 64.5 Å². The normalized spacial score (nSPS) is 23.0. The molecule has 3 fully saturated rings. The molecule has 13 heteroatoms. The number of hydrogen-bond acceptors (Lipinski definition) is 7. The second-order valence-electron chi connectivity index (χ2n) is 13.2. The smallest absolute Gasteiger partial charge is 0.247 e. The third-order valence-corrected chi connectivity index (χ3v) is 10.6. The number of carbonyl (C=O) groups excluding carboxylic acids is 2. The van der Waals surface area contributed by atoms with Gasteiger partial charge in [0.2, 0.25) is 11.8 Å². The molecule has 0 spiro atoms. The molecule has 0 unspecified atom stereocenters. The van der Waals surface area contributed by atoms with Crippen molar-refractivity contribution >= 4 is 51.7 Å². The van der Waals surface area contributed by atoms with Gasteiger partial charge in [-0.15, -0.1) is 0 Å². The van der Waals surface area contributed by atoms with E-state index in [1.54, 1.807) is 6.20 Å². The number of nitrogens with two attached hydrogens (primary N) is 1. The molecule has 5 heterocycles. The SMILES string of the molecule is C=CC(=O)N1CCC(n2nc(N3CC[C@@H](CN4CCO[C@@H](C(N)=O)C4)CC3(C)C)c(-c3c(Cl)c(Cl)cc4[nH]ncc34)c2C)CC1. The maximum Gasteiger partial charge on any atom is 0.247 e. The molecule has 3 aromatic rings. The van der Waals surface area contributed by atoms with Crippen LogP contribution in [0.2, 0.25) is 10.0 Å². The molecule has 45 heavy (non-hydrogen) atoms. The number of carbonyl (C=O) groups is 2. The highest BCUT2D eigenvalue weighted by Crippen LogP contribution is 2.48. The Morgan fingerprint density at radius 2 is 1.93 bits per heavy atom. The summed E-state index contributed by atoms with van der Waals surface area (Å²) in [4.78, 5) is 30.6. The van der Waals surface area contributed by atoms with Crippen molar-refractivity contribution in [2.24, 2.45) is 11.7 Å². The number of rotatable bonds is 7. The van der Waals surface area contributed by atoms with Crippen molar-refractivity contribution < 1.29 is 14.3 Å². The van der Waals surface area contributed by atoms with Crippen LogP contribution in [0.3, 0.4) is 0 Å². The number of H-pyrrole nitrogens is 1. The lowest BCUT2D eigenvalue weighted by Crippen LogP contribution is -2.54. The summed E-state index contributed by atoms with van der Waals surface area (Å²) in [5, 5.41) is 14.5. The van der Waals surface area contributed by atoms with Crippen LogP contribution in [-0.2, 0) is 14.3 Å². The first kappa shape index (κ1) is 31.8. The fraction of sp³-hybridized carbons (Fsp3) is 0.562. The summed E-state index contributed by atoms with van der Waals surface area (Å²) < 4.78 is 7.72. The van der Waals surface area contributed by atoms with Gasteiger partial charge >= 0.3 is 0 Å². The Kier molecular flexibility index (Phi) is 8.91. The Hall–Kier alpha value is -3.12. The van der Waals surface area contributed by atoms with Crippen LogP contribution in [0.5, 0.6) is 0 Å². The number of primary amides is 1. The van der Waals surface area contributed by atoms with Crippen molar-refractivity contribution in [1.82, 2.24) is 29.8 Å². The monoisotopic (exact) mass is 656 g/mol. The molecule has 6 rings (SSSR count). The van der Waals surface area contributed by atoms with Gasteiger partial charge in [0.15, 0.2) is 5.82 Å². The van der Waals surface area contributed by atoms with Crippen molar-refractivity contribution in [3.63, 3.8) is 0 Å². The molecule has 242 valence electrons. The minimum Gasteiger partial charge on any atom is -0.367 e. The number of amides is 2. The molecule has 0 radical (unpaired) electrons. The summed E-state index contributed by atoms with van der Waals surface area (Å²) in [5.74, 6) is 0.883. The number of fused-ring (bicyclic) bond motifs is 1. The van der Waals surface area contributed by atoms with Gasteiger partial charge < -0.3 is 20.3 Å². The standard InChI is InChI=1S/C32H42Cl2N8O3/c1-5-26(43)40-9-7-21(8-10-40)42-19(2)27(28-22-16-36-37-24(22)14-23(33)29(28)34)31(38-42)41-11-6-20(15-32(41,3)4)17-39-12-13-45-25(18-39)30(35)44/h5,14,16,20-21,25H,1,6-13,15,17-18H2,2-4H3,(H2,35,44)(H,36,37)/t20-,25-/m1/s1. The lowest BCUT2D eigenvalue weighted by molar-refractivity contribution is -0.135. The predicted octanol–water partition coefficient (Wildman–Crippen LogP) is 4.57. The number of nitrogens with zero attached hydrogens (tertiary/aromatic N) is 6. The van der Waals surface area contributed by atoms with Gasteiger partial charge in [-0.2, -0.15) is 10.2 Å². The van der Waals surface area contributed by atoms with E-state index in [0.29, 0.717) is 42.2 Å². The maximum atomic E-state index is 12.3. The van der Waals surface area contributed by atoms with Crippen LogP contribution >= 0.6 is 23.2 Å². The molecule has 1 aromatic carbocycles. The first-order chi connectivity index (χ1) is 21.5. The van der Waals surface area contributed by atoms with E-state index < -0.39 is 12.0 Å². The molecule has 2 amide bonds. The van der Waals surface area contributed by atoms with Crippen molar-refractivity contribution in [1.29, 1.82) is 0 Å². The summed E-state index contributed by atoms with van der Waals surface area (Å²) in [6.07, 6.45) is 6.14. The number of ether oxygens (including phenoxy) is 1. The van der Waals surface area contributed by atoms with E-state index >= 15 is 0 Å². The highest BCUT2D eigenvalue weighted by Gasteiger charge is 2.40. The third-order valence-electron chi connectivity index (χ3n) is 9.84. The molecule has 3 aliphatic rings. The highest BCUT2D eigenvalue weighted by atomic mass is 35.5. The van der Waals surface area contributed by atoms with E-state index in [0.717, 1.165) is 78.9 Å². The molecule has 3 saturated heterocycles. The number of aromatic nitrogens is 4. The van der Waals surface area contributed by atoms with Crippen molar-refractivity contribution in [2.75, 3.05) is 50.8 Å². The molecule has 2 atom stereocenters. The second kappa shape index (κ2) is 12.6. The van der Waals surface area contributed by atoms with Gasteiger partial charge in [-0.25, -0.2) is 0 Å². The van der Waals surface area contributed by atoms with Crippen LogP contribution in [0.4, 0.5) is 5.82 Å². The Bertz CT molecular complexity index is 1610. The number of likely N-dealkylation sites (tertiary alicyclic amines) is 1. The van der Waals surface area contributed by atoms with E-state index in [4.69, 9.17) is 38.8 Å². The molecule has 3 aliphatic heterocycles. The average Bonchev–Trinajstić information content (AvgIpc) is 3.61. The highest BCUT2D eigenvalue weighted by molar-refractivity contribution is 6.45. The lowest BCUT2D eigenvalue weighted by Gasteiger charge is -2.47. The van der Waals surface area contributed by atoms with Gasteiger partial charge in [0, 0.05) is 67.0 Å². The summed E-state index contributed by atoms with van der Waals surface area (Å²) in [6.45, 7) is 15.1. The zero-order valence-corrected chi connectivity index (χ0v) is 27.7. The maximum absolute atomic E-state index is 12.3. The molecule has 11 nitrogen and oxygen atoms in total. The number of hydrogen-bond donors (Lipinski definition) is 2. The first-order valence-electron chi connectivity index (χ1n) is 15.7. The van der Waals surface area contributed by atoms with Crippen molar-refractivity contribution in [3.05, 3.63) is 40.7 Å². The summed E-state index contributed by atoms with van der Waals surface area (Å²) >= 11 is 13.7. The zero-order chi connectivity index (χ0) is 32.0. The van der Waals surface area contributed by atoms with E-state index in [9.17, 15) is 9.59 Å². The van der Waals surface area contributed by atoms with Crippen molar-refractivity contribution in [2.45, 2.75) is 64.1 Å².